The van der Waals surface area contributed by atoms with Gasteiger partial charge in [0, 0.05) is 80.8 Å². The summed E-state index contributed by atoms with van der Waals surface area (Å²) in [6, 6.07) is 8.64. The van der Waals surface area contributed by atoms with Gasteiger partial charge in [0.1, 0.15) is 0 Å². The number of morpholine rings is 2. The van der Waals surface area contributed by atoms with Gasteiger partial charge in [-0.1, -0.05) is 12.1 Å². The Morgan fingerprint density at radius 2 is 1.77 bits per heavy atom. The highest BCUT2D eigenvalue weighted by molar-refractivity contribution is 7.88. The Kier molecular flexibility index (Phi) is 8.82. The molecule has 7 rings (SSSR count). The molecular weight excluding hydrogens is 601 g/mol. The average Bonchev–Trinajstić information content (AvgIpc) is 3.70. The van der Waals surface area contributed by atoms with Crippen molar-refractivity contribution in [2.24, 2.45) is 0 Å². The number of ether oxygens (including phenoxy) is 2. The Balaban J connectivity index is 1.20. The Hall–Kier alpha value is -2.72. The van der Waals surface area contributed by atoms with Crippen molar-refractivity contribution in [2.75, 3.05) is 89.9 Å². The van der Waals surface area contributed by atoms with Gasteiger partial charge in [-0.2, -0.15) is 5.10 Å². The summed E-state index contributed by atoms with van der Waals surface area (Å²) in [5.41, 5.74) is 2.88. The lowest BCUT2D eigenvalue weighted by molar-refractivity contribution is 0.0278. The van der Waals surface area contributed by atoms with E-state index in [1.165, 1.54) is 11.1 Å². The molecule has 3 aromatic heterocycles. The minimum Gasteiger partial charge on any atom is -0.379 e. The van der Waals surface area contributed by atoms with E-state index in [0.29, 0.717) is 38.2 Å². The zero-order chi connectivity index (χ0) is 30.1. The van der Waals surface area contributed by atoms with Crippen LogP contribution in [-0.2, 0) is 26.0 Å². The van der Waals surface area contributed by atoms with Crippen molar-refractivity contribution in [3.05, 3.63) is 35.3 Å². The number of rotatable bonds is 9. The van der Waals surface area contributed by atoms with Gasteiger partial charge in [-0.25, -0.2) is 22.7 Å². The molecule has 4 aromatic rings. The molecule has 0 amide bonds. The number of aromatic nitrogens is 4. The highest BCUT2D eigenvalue weighted by Gasteiger charge is 2.30. The van der Waals surface area contributed by atoms with E-state index in [2.05, 4.69) is 37.0 Å². The first kappa shape index (κ1) is 30.0. The van der Waals surface area contributed by atoms with Crippen molar-refractivity contribution >= 4 is 48.3 Å². The van der Waals surface area contributed by atoms with Crippen molar-refractivity contribution in [1.82, 2.24) is 34.3 Å². The molecule has 0 bridgehead atoms. The quantitative estimate of drug-likeness (QED) is 0.292. The highest BCUT2D eigenvalue weighted by atomic mass is 32.2. The Morgan fingerprint density at radius 1 is 1.02 bits per heavy atom. The molecule has 0 aliphatic carbocycles. The van der Waals surface area contributed by atoms with Crippen LogP contribution < -0.4 is 4.90 Å². The lowest BCUT2D eigenvalue weighted by Crippen LogP contribution is -2.48. The minimum atomic E-state index is -3.17. The number of hydrogen-bond acceptors (Lipinski definition) is 11. The molecule has 0 spiro atoms. The van der Waals surface area contributed by atoms with E-state index in [-0.39, 0.29) is 0 Å². The third kappa shape index (κ3) is 6.48. The van der Waals surface area contributed by atoms with Crippen LogP contribution in [0.4, 0.5) is 5.82 Å². The first-order valence-electron chi connectivity index (χ1n) is 15.5. The molecule has 0 atom stereocenters. The van der Waals surface area contributed by atoms with Gasteiger partial charge in [0.25, 0.3) is 0 Å². The van der Waals surface area contributed by atoms with Crippen molar-refractivity contribution in [3.8, 4) is 11.4 Å². The fourth-order valence-corrected chi connectivity index (χ4v) is 8.55. The maximum Gasteiger partial charge on any atom is 0.211 e. The molecule has 44 heavy (non-hydrogen) atoms. The Bertz CT molecular complexity index is 1690. The number of piperidine rings is 1. The molecule has 236 valence electrons. The standard InChI is InChI=1S/C30H40N8O4S2/c1-44(39,40)38-7-5-22(6-8-38)37(10-9-35-11-15-41-16-12-35)21-23-19-27-28(43-23)30(36-13-17-42-18-14-36)33-29(32-27)24-3-2-4-26-25(24)20-31-34-26/h2-4,19-20,22H,5-18,21H2,1H3,(H,31,34). The van der Waals surface area contributed by atoms with Crippen LogP contribution in [0, 0.1) is 0 Å². The molecule has 6 heterocycles. The summed E-state index contributed by atoms with van der Waals surface area (Å²) >= 11 is 1.78. The van der Waals surface area contributed by atoms with E-state index >= 15 is 0 Å². The fourth-order valence-electron chi connectivity index (χ4n) is 6.54. The molecule has 3 saturated heterocycles. The number of benzene rings is 1. The molecular formula is C30H40N8O4S2. The predicted octanol–water partition coefficient (Wildman–Crippen LogP) is 2.63. The number of hydrogen-bond donors (Lipinski definition) is 1. The van der Waals surface area contributed by atoms with Gasteiger partial charge < -0.3 is 14.4 Å². The molecule has 12 nitrogen and oxygen atoms in total. The van der Waals surface area contributed by atoms with Gasteiger partial charge in [0.15, 0.2) is 11.6 Å². The second kappa shape index (κ2) is 12.9. The van der Waals surface area contributed by atoms with Crippen LogP contribution in [-0.4, -0.2) is 134 Å². The summed E-state index contributed by atoms with van der Waals surface area (Å²) < 4.78 is 38.4. The molecule has 1 N–H and O–H groups in total. The molecule has 3 aliphatic rings. The van der Waals surface area contributed by atoms with E-state index in [0.717, 1.165) is 104 Å². The monoisotopic (exact) mass is 640 g/mol. The van der Waals surface area contributed by atoms with Gasteiger partial charge in [-0.15, -0.1) is 11.3 Å². The zero-order valence-corrected chi connectivity index (χ0v) is 26.8. The molecule has 0 unspecified atom stereocenters. The van der Waals surface area contributed by atoms with Gasteiger partial charge in [0.2, 0.25) is 10.0 Å². The van der Waals surface area contributed by atoms with Crippen LogP contribution >= 0.6 is 11.3 Å². The van der Waals surface area contributed by atoms with Crippen molar-refractivity contribution < 1.29 is 17.9 Å². The van der Waals surface area contributed by atoms with Gasteiger partial charge >= 0.3 is 0 Å². The minimum absolute atomic E-state index is 0.318. The average molecular weight is 641 g/mol. The van der Waals surface area contributed by atoms with Gasteiger partial charge in [-0.3, -0.25) is 14.9 Å². The summed E-state index contributed by atoms with van der Waals surface area (Å²) in [6.45, 7) is 10.2. The normalized spacial score (nSPS) is 19.9. The number of sulfonamides is 1. The smallest absolute Gasteiger partial charge is 0.211 e. The number of H-pyrrole nitrogens is 1. The van der Waals surface area contributed by atoms with Crippen LogP contribution in [0.5, 0.6) is 0 Å². The van der Waals surface area contributed by atoms with E-state index in [1.807, 2.05) is 18.3 Å². The van der Waals surface area contributed by atoms with Gasteiger partial charge in [-0.05, 0) is 25.0 Å². The number of thiophene rings is 1. The number of anilines is 1. The summed E-state index contributed by atoms with van der Waals surface area (Å²) in [4.78, 5) is 18.9. The highest BCUT2D eigenvalue weighted by Crippen LogP contribution is 2.37. The van der Waals surface area contributed by atoms with Crippen LogP contribution in [0.1, 0.15) is 17.7 Å². The maximum atomic E-state index is 12.2. The fraction of sp³-hybridized carbons (Fsp3) is 0.567. The number of aromatic amines is 1. The third-order valence-corrected chi connectivity index (χ3v) is 11.4. The van der Waals surface area contributed by atoms with Crippen molar-refractivity contribution in [2.45, 2.75) is 25.4 Å². The molecule has 0 saturated carbocycles. The maximum absolute atomic E-state index is 12.2. The number of nitrogens with one attached hydrogen (secondary N) is 1. The second-order valence-corrected chi connectivity index (χ2v) is 15.0. The third-order valence-electron chi connectivity index (χ3n) is 9.02. The van der Waals surface area contributed by atoms with Crippen LogP contribution in [0.25, 0.3) is 32.5 Å². The topological polar surface area (TPSA) is 120 Å². The predicted molar refractivity (Wildman–Crippen MR) is 173 cm³/mol. The summed E-state index contributed by atoms with van der Waals surface area (Å²) in [6.07, 6.45) is 4.82. The summed E-state index contributed by atoms with van der Waals surface area (Å²) in [7, 11) is -3.17. The summed E-state index contributed by atoms with van der Waals surface area (Å²) in [5.74, 6) is 1.67. The number of nitrogens with zero attached hydrogens (tertiary/aromatic N) is 7. The van der Waals surface area contributed by atoms with Crippen molar-refractivity contribution in [1.29, 1.82) is 0 Å². The number of fused-ring (bicyclic) bond motifs is 2. The SMILES string of the molecule is CS(=O)(=O)N1CCC(N(CCN2CCOCC2)Cc2cc3nc(-c4cccc5[nH]ncc45)nc(N4CCOCC4)c3s2)CC1. The van der Waals surface area contributed by atoms with Crippen molar-refractivity contribution in [3.63, 3.8) is 0 Å². The Morgan fingerprint density at radius 3 is 2.52 bits per heavy atom. The second-order valence-electron chi connectivity index (χ2n) is 11.9. The van der Waals surface area contributed by atoms with E-state index in [1.54, 1.807) is 15.6 Å². The van der Waals surface area contributed by atoms with Crippen LogP contribution in [0.15, 0.2) is 30.5 Å². The van der Waals surface area contributed by atoms with Gasteiger partial charge in [0.05, 0.1) is 54.6 Å². The lowest BCUT2D eigenvalue weighted by Gasteiger charge is -2.38. The summed E-state index contributed by atoms with van der Waals surface area (Å²) in [5, 5.41) is 8.32. The molecule has 0 radical (unpaired) electrons. The lowest BCUT2D eigenvalue weighted by atomic mass is 10.0. The Labute approximate surface area is 262 Å². The van der Waals surface area contributed by atoms with Crippen LogP contribution in [0.2, 0.25) is 0 Å². The van der Waals surface area contributed by atoms with E-state index in [4.69, 9.17) is 19.4 Å². The first-order valence-corrected chi connectivity index (χ1v) is 18.1. The molecule has 3 aliphatic heterocycles. The molecule has 14 heteroatoms. The van der Waals surface area contributed by atoms with Crippen LogP contribution in [0.3, 0.4) is 0 Å². The molecule has 3 fully saturated rings. The van der Waals surface area contributed by atoms with E-state index < -0.39 is 10.0 Å². The largest absolute Gasteiger partial charge is 0.379 e. The molecule has 1 aromatic carbocycles. The zero-order valence-electron chi connectivity index (χ0n) is 25.2. The first-order chi connectivity index (χ1) is 21.4. The van der Waals surface area contributed by atoms with E-state index in [9.17, 15) is 8.42 Å².